The van der Waals surface area contributed by atoms with E-state index in [0.29, 0.717) is 13.1 Å². The van der Waals surface area contributed by atoms with Crippen LogP contribution in [-0.4, -0.2) is 30.8 Å². The average molecular weight is 440 g/mol. The fourth-order valence-electron chi connectivity index (χ4n) is 4.45. The largest absolute Gasteiger partial charge is 0.338 e. The zero-order valence-corrected chi connectivity index (χ0v) is 18.7. The number of benzene rings is 1. The number of hydrogen-bond acceptors (Lipinski definition) is 4. The number of carbonyl (C=O) groups excluding carboxylic acids is 1. The number of rotatable bonds is 6. The molecule has 0 fully saturated rings. The van der Waals surface area contributed by atoms with Gasteiger partial charge >= 0.3 is 0 Å². The summed E-state index contributed by atoms with van der Waals surface area (Å²) in [6, 6.07) is 9.16. The summed E-state index contributed by atoms with van der Waals surface area (Å²) < 4.78 is 27.9. The van der Waals surface area contributed by atoms with E-state index in [9.17, 15) is 13.2 Å². The normalized spacial score (nSPS) is 18.6. The Bertz CT molecular complexity index is 1080. The lowest BCUT2D eigenvalue weighted by atomic mass is 9.90. The van der Waals surface area contributed by atoms with Crippen molar-refractivity contribution in [3.8, 4) is 0 Å². The molecule has 0 radical (unpaired) electrons. The molecule has 2 aliphatic rings. The monoisotopic (exact) mass is 439 g/mol. The molecular weight excluding hydrogens is 410 g/mol. The number of sulfonamides is 1. The van der Waals surface area contributed by atoms with Crippen LogP contribution in [0.5, 0.6) is 0 Å². The number of allylic oxidation sites excluding steroid dienone is 2. The van der Waals surface area contributed by atoms with Crippen molar-refractivity contribution in [2.24, 2.45) is 5.92 Å². The lowest BCUT2D eigenvalue weighted by Gasteiger charge is -2.33. The van der Waals surface area contributed by atoms with E-state index in [0.717, 1.165) is 53.6 Å². The predicted molar refractivity (Wildman–Crippen MR) is 120 cm³/mol. The topological polar surface area (TPSA) is 79.4 Å². The number of pyridine rings is 1. The van der Waals surface area contributed by atoms with Crippen LogP contribution < -0.4 is 4.72 Å². The van der Waals surface area contributed by atoms with Crippen LogP contribution in [-0.2, 0) is 40.1 Å². The molecular formula is C24H29N3O3S. The summed E-state index contributed by atoms with van der Waals surface area (Å²) in [5.41, 5.74) is 4.67. The van der Waals surface area contributed by atoms with E-state index in [-0.39, 0.29) is 24.1 Å². The minimum Gasteiger partial charge on any atom is -0.338 e. The van der Waals surface area contributed by atoms with Gasteiger partial charge in [0.2, 0.25) is 15.9 Å². The molecule has 0 saturated carbocycles. The second-order valence-electron chi connectivity index (χ2n) is 8.38. The van der Waals surface area contributed by atoms with Gasteiger partial charge in [-0.25, -0.2) is 13.1 Å². The Hall–Kier alpha value is -2.51. The summed E-state index contributed by atoms with van der Waals surface area (Å²) in [5, 5.41) is 0. The van der Waals surface area contributed by atoms with E-state index in [1.54, 1.807) is 0 Å². The van der Waals surface area contributed by atoms with Crippen molar-refractivity contribution in [2.75, 3.05) is 6.54 Å². The van der Waals surface area contributed by atoms with Crippen molar-refractivity contribution in [3.63, 3.8) is 0 Å². The molecule has 0 spiro atoms. The lowest BCUT2D eigenvalue weighted by molar-refractivity contribution is -0.136. The van der Waals surface area contributed by atoms with Gasteiger partial charge in [0.05, 0.1) is 5.75 Å². The minimum absolute atomic E-state index is 0.0482. The van der Waals surface area contributed by atoms with Gasteiger partial charge in [-0.3, -0.25) is 9.78 Å². The first kappa shape index (κ1) is 21.7. The van der Waals surface area contributed by atoms with E-state index in [4.69, 9.17) is 0 Å². The molecule has 1 aromatic heterocycles. The molecule has 1 N–H and O–H groups in total. The highest BCUT2D eigenvalue weighted by atomic mass is 32.2. The van der Waals surface area contributed by atoms with Gasteiger partial charge in [0, 0.05) is 37.4 Å². The summed E-state index contributed by atoms with van der Waals surface area (Å²) >= 11 is 0. The van der Waals surface area contributed by atoms with Crippen molar-refractivity contribution >= 4 is 15.9 Å². The summed E-state index contributed by atoms with van der Waals surface area (Å²) in [6.45, 7) is 3.34. The van der Waals surface area contributed by atoms with Crippen LogP contribution in [0.3, 0.4) is 0 Å². The van der Waals surface area contributed by atoms with Crippen LogP contribution in [0.15, 0.2) is 48.7 Å². The third-order valence-electron chi connectivity index (χ3n) is 6.19. The smallest absolute Gasteiger partial charge is 0.226 e. The first-order chi connectivity index (χ1) is 14.9. The maximum Gasteiger partial charge on any atom is 0.226 e. The molecule has 2 aromatic rings. The molecule has 1 aromatic carbocycles. The van der Waals surface area contributed by atoms with Gasteiger partial charge in [0.15, 0.2) is 0 Å². The molecule has 1 aliphatic carbocycles. The standard InChI is InChI=1S/C24H29N3O3S/c1-18-23(15-26-31(29,30)17-19-8-4-2-5-9-19)22-12-13-27(16-21(22)14-25-18)24(28)20-10-6-3-7-11-20/h2-6,8-9,14,20,26H,7,10-13,15-17H2,1H3/t20-/m1/s1. The van der Waals surface area contributed by atoms with E-state index in [1.165, 1.54) is 0 Å². The highest BCUT2D eigenvalue weighted by molar-refractivity contribution is 7.88. The Morgan fingerprint density at radius 1 is 1.23 bits per heavy atom. The molecule has 1 aliphatic heterocycles. The van der Waals surface area contributed by atoms with Gasteiger partial charge in [-0.05, 0) is 54.9 Å². The second-order valence-corrected chi connectivity index (χ2v) is 10.2. The van der Waals surface area contributed by atoms with Crippen molar-refractivity contribution in [2.45, 2.75) is 51.4 Å². The number of amides is 1. The first-order valence-electron chi connectivity index (χ1n) is 10.8. The van der Waals surface area contributed by atoms with Gasteiger partial charge in [-0.1, -0.05) is 42.5 Å². The molecule has 0 unspecified atom stereocenters. The number of aromatic nitrogens is 1. The molecule has 0 bridgehead atoms. The Morgan fingerprint density at radius 3 is 2.77 bits per heavy atom. The number of hydrogen-bond donors (Lipinski definition) is 1. The molecule has 4 rings (SSSR count). The van der Waals surface area contributed by atoms with Crippen LogP contribution in [0.2, 0.25) is 0 Å². The van der Waals surface area contributed by atoms with Crippen molar-refractivity contribution in [1.29, 1.82) is 0 Å². The third kappa shape index (κ3) is 5.22. The number of aryl methyl sites for hydroxylation is 1. The van der Waals surface area contributed by atoms with Crippen LogP contribution in [0.25, 0.3) is 0 Å². The Morgan fingerprint density at radius 2 is 2.03 bits per heavy atom. The maximum absolute atomic E-state index is 12.9. The third-order valence-corrected chi connectivity index (χ3v) is 7.49. The van der Waals surface area contributed by atoms with Gasteiger partial charge in [0.25, 0.3) is 0 Å². The van der Waals surface area contributed by atoms with Gasteiger partial charge in [-0.15, -0.1) is 0 Å². The number of fused-ring (bicyclic) bond motifs is 1. The van der Waals surface area contributed by atoms with Gasteiger partial charge < -0.3 is 4.90 Å². The van der Waals surface area contributed by atoms with Crippen LogP contribution in [0.1, 0.15) is 47.2 Å². The molecule has 1 amide bonds. The quantitative estimate of drug-likeness (QED) is 0.701. The summed E-state index contributed by atoms with van der Waals surface area (Å²) in [4.78, 5) is 19.4. The van der Waals surface area contributed by atoms with Crippen molar-refractivity contribution in [3.05, 3.63) is 76.6 Å². The fourth-order valence-corrected chi connectivity index (χ4v) is 5.55. The Balaban J connectivity index is 1.46. The number of nitrogens with one attached hydrogen (secondary N) is 1. The average Bonchev–Trinajstić information content (AvgIpc) is 2.78. The van der Waals surface area contributed by atoms with E-state index >= 15 is 0 Å². The summed E-state index contributed by atoms with van der Waals surface area (Å²) in [6.07, 6.45) is 9.52. The van der Waals surface area contributed by atoms with Crippen LogP contribution in [0.4, 0.5) is 0 Å². The molecule has 164 valence electrons. The SMILES string of the molecule is Cc1ncc2c(c1CNS(=O)(=O)Cc1ccccc1)CCN(C(=O)[C@@H]1CC=CCC1)C2. The van der Waals surface area contributed by atoms with E-state index in [1.807, 2.05) is 48.4 Å². The molecule has 2 heterocycles. The number of nitrogens with zero attached hydrogens (tertiary/aromatic N) is 2. The predicted octanol–water partition coefficient (Wildman–Crippen LogP) is 3.25. The lowest BCUT2D eigenvalue weighted by Crippen LogP contribution is -2.40. The van der Waals surface area contributed by atoms with Gasteiger partial charge in [-0.2, -0.15) is 0 Å². The van der Waals surface area contributed by atoms with Crippen LogP contribution in [0, 0.1) is 12.8 Å². The zero-order chi connectivity index (χ0) is 21.8. The second kappa shape index (κ2) is 9.32. The Labute approximate surface area is 184 Å². The summed E-state index contributed by atoms with van der Waals surface area (Å²) in [5.74, 6) is 0.253. The Kier molecular flexibility index (Phi) is 6.53. The minimum atomic E-state index is -3.46. The molecule has 31 heavy (non-hydrogen) atoms. The van der Waals surface area contributed by atoms with Crippen molar-refractivity contribution in [1.82, 2.24) is 14.6 Å². The van der Waals surface area contributed by atoms with Crippen molar-refractivity contribution < 1.29 is 13.2 Å². The summed E-state index contributed by atoms with van der Waals surface area (Å²) in [7, 11) is -3.46. The maximum atomic E-state index is 12.9. The highest BCUT2D eigenvalue weighted by Crippen LogP contribution is 2.27. The molecule has 0 saturated heterocycles. The zero-order valence-electron chi connectivity index (χ0n) is 17.9. The fraction of sp³-hybridized carbons (Fsp3) is 0.417. The van der Waals surface area contributed by atoms with E-state index in [2.05, 4.69) is 21.9 Å². The highest BCUT2D eigenvalue weighted by Gasteiger charge is 2.29. The van der Waals surface area contributed by atoms with E-state index < -0.39 is 10.0 Å². The van der Waals surface area contributed by atoms with Gasteiger partial charge in [0.1, 0.15) is 0 Å². The molecule has 1 atom stereocenters. The van der Waals surface area contributed by atoms with Crippen LogP contribution >= 0.6 is 0 Å². The number of carbonyl (C=O) groups is 1. The molecule has 7 heteroatoms. The first-order valence-corrected chi connectivity index (χ1v) is 12.5. The molecule has 6 nitrogen and oxygen atoms in total.